The fourth-order valence-electron chi connectivity index (χ4n) is 5.54. The Morgan fingerprint density at radius 1 is 1.13 bits per heavy atom. The summed E-state index contributed by atoms with van der Waals surface area (Å²) in [7, 11) is -2.91. The van der Waals surface area contributed by atoms with Gasteiger partial charge in [-0.05, 0) is 54.4 Å². The summed E-state index contributed by atoms with van der Waals surface area (Å²) >= 11 is 0. The van der Waals surface area contributed by atoms with E-state index >= 15 is 0 Å². The lowest BCUT2D eigenvalue weighted by Crippen LogP contribution is -2.45. The maximum atomic E-state index is 14.0. The van der Waals surface area contributed by atoms with Crippen molar-refractivity contribution in [3.05, 3.63) is 70.1 Å². The lowest BCUT2D eigenvalue weighted by molar-refractivity contribution is 0.146. The van der Waals surface area contributed by atoms with Gasteiger partial charge in [0.15, 0.2) is 5.43 Å². The first kappa shape index (κ1) is 24.3. The molecular formula is C28H24FN5O3S. The molecule has 5 aromatic rings. The third kappa shape index (κ3) is 3.69. The smallest absolute Gasteiger partial charge is 0.333 e. The molecule has 1 N–H and O–H groups in total. The summed E-state index contributed by atoms with van der Waals surface area (Å²) in [5.74, 6) is -0.0143. The van der Waals surface area contributed by atoms with E-state index in [4.69, 9.17) is 0 Å². The monoisotopic (exact) mass is 529 g/mol. The first-order chi connectivity index (χ1) is 18.1. The largest absolute Gasteiger partial charge is 0.340 e. The van der Waals surface area contributed by atoms with Crippen molar-refractivity contribution < 1.29 is 12.3 Å². The number of pyridine rings is 2. The summed E-state index contributed by atoms with van der Waals surface area (Å²) in [5.41, 5.74) is 4.42. The number of likely N-dealkylation sites (N-methyl/N-ethyl adjacent to an activating group) is 1. The topological polar surface area (TPSA) is 112 Å². The van der Waals surface area contributed by atoms with E-state index in [-0.39, 0.29) is 17.4 Å². The zero-order valence-electron chi connectivity index (χ0n) is 21.0. The number of benzene rings is 2. The van der Waals surface area contributed by atoms with Crippen molar-refractivity contribution in [2.75, 3.05) is 20.1 Å². The Bertz CT molecular complexity index is 2000. The first-order valence-electron chi connectivity index (χ1n) is 12.2. The van der Waals surface area contributed by atoms with Crippen LogP contribution in [0.2, 0.25) is 0 Å². The molecule has 0 amide bonds. The van der Waals surface area contributed by atoms with Crippen LogP contribution < -0.4 is 5.43 Å². The Kier molecular flexibility index (Phi) is 5.42. The number of fused-ring (bicyclic) bond motifs is 4. The van der Waals surface area contributed by atoms with Crippen molar-refractivity contribution in [3.8, 4) is 17.2 Å². The normalized spacial score (nSPS) is 14.9. The molecule has 38 heavy (non-hydrogen) atoms. The fourth-order valence-corrected chi connectivity index (χ4v) is 5.99. The van der Waals surface area contributed by atoms with Gasteiger partial charge in [-0.25, -0.2) is 0 Å². The van der Waals surface area contributed by atoms with Crippen molar-refractivity contribution in [1.29, 1.82) is 5.26 Å². The lowest BCUT2D eigenvalue weighted by Gasteiger charge is -2.39. The molecule has 2 aromatic carbocycles. The van der Waals surface area contributed by atoms with Gasteiger partial charge in [-0.15, -0.1) is 3.89 Å². The van der Waals surface area contributed by atoms with Gasteiger partial charge in [0, 0.05) is 47.3 Å². The molecule has 1 aliphatic heterocycles. The predicted molar refractivity (Wildman–Crippen MR) is 144 cm³/mol. The SMILES string of the molecule is CC(C)c1cc2c(=O)c3c4ccc(C#N)cc4[nH]c3n(C3CN(C)C3)c2cc1-c1cncc(S(=O)(=O)F)c1. The van der Waals surface area contributed by atoms with Crippen LogP contribution in [0.15, 0.2) is 58.5 Å². The summed E-state index contributed by atoms with van der Waals surface area (Å²) in [6, 6.07) is 12.5. The number of nitrogens with zero attached hydrogens (tertiary/aromatic N) is 4. The van der Waals surface area contributed by atoms with Crippen LogP contribution in [0.5, 0.6) is 0 Å². The molecule has 1 aliphatic rings. The quantitative estimate of drug-likeness (QED) is 0.334. The summed E-state index contributed by atoms with van der Waals surface area (Å²) < 4.78 is 39.2. The van der Waals surface area contributed by atoms with E-state index in [2.05, 4.69) is 25.5 Å². The summed E-state index contributed by atoms with van der Waals surface area (Å²) in [6.07, 6.45) is 2.49. The Morgan fingerprint density at radius 3 is 2.55 bits per heavy atom. The minimum Gasteiger partial charge on any atom is -0.340 e. The molecule has 10 heteroatoms. The maximum absolute atomic E-state index is 14.0. The van der Waals surface area contributed by atoms with Gasteiger partial charge >= 0.3 is 10.2 Å². The van der Waals surface area contributed by atoms with Crippen LogP contribution >= 0.6 is 0 Å². The second-order valence-electron chi connectivity index (χ2n) is 10.3. The van der Waals surface area contributed by atoms with Gasteiger partial charge in [-0.3, -0.25) is 9.78 Å². The van der Waals surface area contributed by atoms with Gasteiger partial charge in [0.05, 0.1) is 28.6 Å². The van der Waals surface area contributed by atoms with Crippen molar-refractivity contribution >= 4 is 43.1 Å². The van der Waals surface area contributed by atoms with Crippen LogP contribution in [0.4, 0.5) is 3.89 Å². The molecule has 1 saturated heterocycles. The van der Waals surface area contributed by atoms with Crippen molar-refractivity contribution in [2.24, 2.45) is 0 Å². The van der Waals surface area contributed by atoms with Gasteiger partial charge in [0.1, 0.15) is 10.5 Å². The average molecular weight is 530 g/mol. The molecule has 192 valence electrons. The molecule has 0 atom stereocenters. The molecule has 3 aromatic heterocycles. The number of rotatable bonds is 4. The van der Waals surface area contributed by atoms with Gasteiger partial charge in [-0.2, -0.15) is 13.7 Å². The average Bonchev–Trinajstić information content (AvgIpc) is 3.25. The Balaban J connectivity index is 1.75. The van der Waals surface area contributed by atoms with E-state index in [0.29, 0.717) is 44.1 Å². The maximum Gasteiger partial charge on any atom is 0.333 e. The highest BCUT2D eigenvalue weighted by molar-refractivity contribution is 7.86. The first-order valence-corrected chi connectivity index (χ1v) is 13.6. The fraction of sp³-hybridized carbons (Fsp3) is 0.250. The van der Waals surface area contributed by atoms with Crippen molar-refractivity contribution in [2.45, 2.75) is 30.7 Å². The number of likely N-dealkylation sites (tertiary alicyclic amines) is 1. The molecule has 0 aliphatic carbocycles. The molecule has 0 saturated carbocycles. The number of H-pyrrole nitrogens is 1. The van der Waals surface area contributed by atoms with E-state index in [1.54, 1.807) is 12.1 Å². The minimum atomic E-state index is -4.94. The van der Waals surface area contributed by atoms with Gasteiger partial charge in [-0.1, -0.05) is 19.9 Å². The molecule has 8 nitrogen and oxygen atoms in total. The zero-order chi connectivity index (χ0) is 26.9. The number of hydrogen-bond donors (Lipinski definition) is 1. The van der Waals surface area contributed by atoms with Gasteiger partial charge in [0.2, 0.25) is 0 Å². The van der Waals surface area contributed by atoms with Crippen LogP contribution in [0, 0.1) is 11.3 Å². The minimum absolute atomic E-state index is 0.0143. The highest BCUT2D eigenvalue weighted by Crippen LogP contribution is 2.37. The molecule has 1 fully saturated rings. The van der Waals surface area contributed by atoms with Crippen LogP contribution in [-0.2, 0) is 10.2 Å². The summed E-state index contributed by atoms with van der Waals surface area (Å²) in [5, 5.41) is 11.3. The second kappa shape index (κ2) is 8.48. The molecule has 4 heterocycles. The standard InChI is InChI=1S/C28H24FN5O3S/c1-15(2)21-8-23-25(9-22(21)17-7-19(12-31-11-17)38(29,36)37)34(18-13-33(3)14-18)28-26(27(23)35)20-5-4-16(10-30)6-24(20)32-28/h4-9,11-12,15,18,32H,13-14H2,1-3H3. The highest BCUT2D eigenvalue weighted by atomic mass is 32.3. The third-order valence-electron chi connectivity index (χ3n) is 7.39. The highest BCUT2D eigenvalue weighted by Gasteiger charge is 2.30. The number of aromatic amines is 1. The third-order valence-corrected chi connectivity index (χ3v) is 8.17. The van der Waals surface area contributed by atoms with Crippen molar-refractivity contribution in [3.63, 3.8) is 0 Å². The van der Waals surface area contributed by atoms with E-state index < -0.39 is 15.1 Å². The van der Waals surface area contributed by atoms with E-state index in [1.807, 2.05) is 39.1 Å². The molecule has 0 radical (unpaired) electrons. The molecule has 0 unspecified atom stereocenters. The Hall–Kier alpha value is -4.07. The van der Waals surface area contributed by atoms with E-state index in [9.17, 15) is 22.4 Å². The molecule has 0 spiro atoms. The lowest BCUT2D eigenvalue weighted by atomic mass is 9.90. The number of nitrogens with one attached hydrogen (secondary N) is 1. The van der Waals surface area contributed by atoms with Crippen LogP contribution in [0.3, 0.4) is 0 Å². The number of nitriles is 1. The Labute approximate surface area is 218 Å². The van der Waals surface area contributed by atoms with Crippen LogP contribution in [0.25, 0.3) is 44.0 Å². The number of hydrogen-bond acceptors (Lipinski definition) is 6. The molecule has 6 rings (SSSR count). The second-order valence-corrected chi connectivity index (χ2v) is 11.6. The number of halogens is 1. The van der Waals surface area contributed by atoms with E-state index in [1.165, 1.54) is 12.3 Å². The number of aromatic nitrogens is 3. The van der Waals surface area contributed by atoms with Crippen LogP contribution in [-0.4, -0.2) is 48.0 Å². The van der Waals surface area contributed by atoms with Gasteiger partial charge in [0.25, 0.3) is 0 Å². The van der Waals surface area contributed by atoms with Crippen LogP contribution in [0.1, 0.15) is 36.9 Å². The van der Waals surface area contributed by atoms with Gasteiger partial charge < -0.3 is 14.5 Å². The zero-order valence-corrected chi connectivity index (χ0v) is 21.8. The molecule has 0 bridgehead atoms. The van der Waals surface area contributed by atoms with E-state index in [0.717, 1.165) is 30.2 Å². The predicted octanol–water partition coefficient (Wildman–Crippen LogP) is 4.84. The summed E-state index contributed by atoms with van der Waals surface area (Å²) in [6.45, 7) is 5.54. The van der Waals surface area contributed by atoms with Crippen molar-refractivity contribution in [1.82, 2.24) is 19.4 Å². The molecular weight excluding hydrogens is 505 g/mol. The summed E-state index contributed by atoms with van der Waals surface area (Å²) in [4.78, 5) is 23.1. The Morgan fingerprint density at radius 2 is 1.89 bits per heavy atom.